The number of carbonyl (C=O) groups is 1. The Labute approximate surface area is 182 Å². The summed E-state index contributed by atoms with van der Waals surface area (Å²) in [6.07, 6.45) is 5.29. The number of pyridine rings is 1. The van der Waals surface area contributed by atoms with Gasteiger partial charge < -0.3 is 15.6 Å². The average Bonchev–Trinajstić information content (AvgIpc) is 3.17. The molecule has 2 aromatic heterocycles. The van der Waals surface area contributed by atoms with Crippen LogP contribution in [0, 0.1) is 0 Å². The van der Waals surface area contributed by atoms with Gasteiger partial charge in [-0.3, -0.25) is 0 Å². The molecule has 0 aliphatic rings. The molecule has 0 bridgehead atoms. The van der Waals surface area contributed by atoms with Crippen LogP contribution in [0.4, 0.5) is 5.82 Å². The molecule has 4 rings (SSSR count). The average molecular weight is 437 g/mol. The van der Waals surface area contributed by atoms with E-state index in [-0.39, 0.29) is 12.2 Å². The van der Waals surface area contributed by atoms with Crippen molar-refractivity contribution in [1.29, 1.82) is 0 Å². The molecule has 0 aliphatic heterocycles. The molecule has 0 amide bonds. The number of aromatic carboxylic acids is 1. The summed E-state index contributed by atoms with van der Waals surface area (Å²) in [4.78, 5) is 15.4. The molecule has 7 heteroatoms. The number of fused-ring (bicyclic) bond motifs is 1. The lowest BCUT2D eigenvalue weighted by Crippen LogP contribution is -2.02. The first-order valence-corrected chi connectivity index (χ1v) is 10.3. The summed E-state index contributed by atoms with van der Waals surface area (Å²) in [5.74, 6) is -0.0231. The highest BCUT2D eigenvalue weighted by Crippen LogP contribution is 2.33. The smallest absolute Gasteiger partial charge is 0.338 e. The van der Waals surface area contributed by atoms with Gasteiger partial charge in [-0.25, -0.2) is 9.78 Å². The van der Waals surface area contributed by atoms with Crippen LogP contribution in [0.3, 0.4) is 0 Å². The number of nitrogens with zero attached hydrogens (tertiary/aromatic N) is 1. The third-order valence-corrected chi connectivity index (χ3v) is 5.84. The van der Waals surface area contributed by atoms with Crippen LogP contribution in [0.25, 0.3) is 22.2 Å². The minimum Gasteiger partial charge on any atom is -0.489 e. The maximum atomic E-state index is 11.4. The molecule has 3 N–H and O–H groups in total. The van der Waals surface area contributed by atoms with Crippen LogP contribution in [0.15, 0.2) is 60.1 Å². The second kappa shape index (κ2) is 8.57. The number of nitrogens with two attached hydrogens (primary N) is 1. The number of anilines is 1. The second-order valence-corrected chi connectivity index (χ2v) is 7.89. The molecule has 4 aromatic rings. The number of nitrogen functional groups attached to an aromatic ring is 1. The molecule has 30 heavy (non-hydrogen) atoms. The van der Waals surface area contributed by atoms with E-state index in [1.165, 1.54) is 17.5 Å². The number of carboxylic acids is 1. The largest absolute Gasteiger partial charge is 0.489 e. The van der Waals surface area contributed by atoms with Crippen molar-refractivity contribution in [1.82, 2.24) is 4.98 Å². The van der Waals surface area contributed by atoms with Crippen molar-refractivity contribution in [3.8, 4) is 5.75 Å². The standard InChI is InChI=1S/C23H17ClN2O3S/c24-17-8-6-14(7-9-17)4-5-15-2-1-3-18(10-15)29-12-16-13-30-21-19(23(27)28)11-26-22(25)20(16)21/h1-11,13H,12H2,(H2,25,26)(H,27,28)/b5-4+. The molecule has 0 spiro atoms. The minimum absolute atomic E-state index is 0.143. The summed E-state index contributed by atoms with van der Waals surface area (Å²) in [6, 6.07) is 15.3. The van der Waals surface area contributed by atoms with Gasteiger partial charge in [-0.15, -0.1) is 11.3 Å². The normalized spacial score (nSPS) is 11.2. The predicted molar refractivity (Wildman–Crippen MR) is 122 cm³/mol. The van der Waals surface area contributed by atoms with Gasteiger partial charge in [0.25, 0.3) is 0 Å². The molecule has 5 nitrogen and oxygen atoms in total. The molecule has 0 saturated carbocycles. The molecule has 0 fully saturated rings. The Bertz CT molecular complexity index is 1250. The zero-order chi connectivity index (χ0) is 21.1. The number of carboxylic acid groups (broad SMARTS) is 1. The van der Waals surface area contributed by atoms with Crippen molar-refractivity contribution < 1.29 is 14.6 Å². The van der Waals surface area contributed by atoms with Gasteiger partial charge in [-0.2, -0.15) is 0 Å². The Morgan fingerprint density at radius 1 is 1.17 bits per heavy atom. The van der Waals surface area contributed by atoms with Crippen LogP contribution in [-0.2, 0) is 6.61 Å². The van der Waals surface area contributed by atoms with Crippen molar-refractivity contribution in [3.63, 3.8) is 0 Å². The van der Waals surface area contributed by atoms with Crippen molar-refractivity contribution >= 4 is 57.0 Å². The fourth-order valence-electron chi connectivity index (χ4n) is 3.02. The maximum absolute atomic E-state index is 11.4. The van der Waals surface area contributed by atoms with E-state index in [1.807, 2.05) is 66.1 Å². The van der Waals surface area contributed by atoms with Gasteiger partial charge in [0, 0.05) is 22.2 Å². The molecule has 2 heterocycles. The number of halogens is 1. The highest BCUT2D eigenvalue weighted by Gasteiger charge is 2.16. The fraction of sp³-hybridized carbons (Fsp3) is 0.0435. The quantitative estimate of drug-likeness (QED) is 0.363. The number of rotatable bonds is 6. The van der Waals surface area contributed by atoms with E-state index in [0.29, 0.717) is 26.7 Å². The zero-order valence-electron chi connectivity index (χ0n) is 15.7. The third-order valence-electron chi connectivity index (χ3n) is 4.52. The first-order valence-electron chi connectivity index (χ1n) is 9.05. The molecule has 150 valence electrons. The van der Waals surface area contributed by atoms with Crippen LogP contribution in [0.2, 0.25) is 5.02 Å². The van der Waals surface area contributed by atoms with Gasteiger partial charge in [0.1, 0.15) is 18.2 Å². The first-order chi connectivity index (χ1) is 14.5. The summed E-state index contributed by atoms with van der Waals surface area (Å²) in [6.45, 7) is 0.263. The highest BCUT2D eigenvalue weighted by molar-refractivity contribution is 7.17. The molecule has 0 unspecified atom stereocenters. The van der Waals surface area contributed by atoms with E-state index >= 15 is 0 Å². The van der Waals surface area contributed by atoms with Crippen LogP contribution in [0.5, 0.6) is 5.75 Å². The van der Waals surface area contributed by atoms with Crippen molar-refractivity contribution in [2.24, 2.45) is 0 Å². The molecule has 2 aromatic carbocycles. The Morgan fingerprint density at radius 2 is 1.93 bits per heavy atom. The summed E-state index contributed by atoms with van der Waals surface area (Å²) >= 11 is 7.24. The molecular weight excluding hydrogens is 420 g/mol. The van der Waals surface area contributed by atoms with Crippen molar-refractivity contribution in [2.75, 3.05) is 5.73 Å². The molecule has 0 saturated heterocycles. The molecule has 0 atom stereocenters. The number of ether oxygens (including phenoxy) is 1. The SMILES string of the molecule is Nc1ncc(C(=O)O)c2scc(COc3cccc(/C=C/c4ccc(Cl)cc4)c3)c12. The summed E-state index contributed by atoms with van der Waals surface area (Å²) in [5.41, 5.74) is 8.99. The van der Waals surface area contributed by atoms with E-state index < -0.39 is 5.97 Å². The van der Waals surface area contributed by atoms with E-state index in [1.54, 1.807) is 0 Å². The van der Waals surface area contributed by atoms with E-state index in [4.69, 9.17) is 22.1 Å². The topological polar surface area (TPSA) is 85.4 Å². The maximum Gasteiger partial charge on any atom is 0.338 e. The number of thiophene rings is 1. The number of hydrogen-bond donors (Lipinski definition) is 2. The third kappa shape index (κ3) is 4.30. The summed E-state index contributed by atoms with van der Waals surface area (Å²) < 4.78 is 6.55. The van der Waals surface area contributed by atoms with Gasteiger partial charge in [0.15, 0.2) is 0 Å². The van der Waals surface area contributed by atoms with Crippen molar-refractivity contribution in [3.05, 3.63) is 87.4 Å². The van der Waals surface area contributed by atoms with Gasteiger partial charge in [-0.1, -0.05) is 48.0 Å². The van der Waals surface area contributed by atoms with Crippen molar-refractivity contribution in [2.45, 2.75) is 6.61 Å². The number of benzene rings is 2. The van der Waals surface area contributed by atoms with E-state index in [2.05, 4.69) is 4.98 Å². The monoisotopic (exact) mass is 436 g/mol. The lowest BCUT2D eigenvalue weighted by atomic mass is 10.1. The lowest BCUT2D eigenvalue weighted by Gasteiger charge is -2.07. The molecular formula is C23H17ClN2O3S. The number of aromatic nitrogens is 1. The van der Waals surface area contributed by atoms with E-state index in [9.17, 15) is 9.90 Å². The Hall–Kier alpha value is -3.35. The molecule has 0 aliphatic carbocycles. The Balaban J connectivity index is 1.52. The highest BCUT2D eigenvalue weighted by atomic mass is 35.5. The van der Waals surface area contributed by atoms with Gasteiger partial charge in [0.05, 0.1) is 10.3 Å². The predicted octanol–water partition coefficient (Wildman–Crippen LogP) is 5.98. The van der Waals surface area contributed by atoms with Crippen LogP contribution in [0.1, 0.15) is 27.0 Å². The zero-order valence-corrected chi connectivity index (χ0v) is 17.3. The molecule has 0 radical (unpaired) electrons. The number of hydrogen-bond acceptors (Lipinski definition) is 5. The summed E-state index contributed by atoms with van der Waals surface area (Å²) in [5, 5.41) is 12.6. The van der Waals surface area contributed by atoms with Gasteiger partial charge >= 0.3 is 5.97 Å². The van der Waals surface area contributed by atoms with Crippen LogP contribution in [-0.4, -0.2) is 16.1 Å². The minimum atomic E-state index is -1.03. The first kappa shape index (κ1) is 19.9. The fourth-order valence-corrected chi connectivity index (χ4v) is 4.22. The van der Waals surface area contributed by atoms with Crippen LogP contribution < -0.4 is 10.5 Å². The lowest BCUT2D eigenvalue weighted by molar-refractivity contribution is 0.0699. The second-order valence-electron chi connectivity index (χ2n) is 6.57. The summed E-state index contributed by atoms with van der Waals surface area (Å²) in [7, 11) is 0. The Morgan fingerprint density at radius 3 is 2.70 bits per heavy atom. The van der Waals surface area contributed by atoms with Crippen LogP contribution >= 0.6 is 22.9 Å². The van der Waals surface area contributed by atoms with Gasteiger partial charge in [-0.05, 0) is 40.8 Å². The Kier molecular flexibility index (Phi) is 5.70. The van der Waals surface area contributed by atoms with E-state index in [0.717, 1.165) is 16.7 Å². The van der Waals surface area contributed by atoms with Gasteiger partial charge in [0.2, 0.25) is 0 Å².